The van der Waals surface area contributed by atoms with Crippen LogP contribution in [-0.4, -0.2) is 20.5 Å². The number of nitrogens with zero attached hydrogens (tertiary/aromatic N) is 3. The van der Waals surface area contributed by atoms with Gasteiger partial charge in [-0.25, -0.2) is 4.98 Å². The van der Waals surface area contributed by atoms with Crippen LogP contribution in [0.15, 0.2) is 70.4 Å². The first-order valence-corrected chi connectivity index (χ1v) is 12.9. The highest BCUT2D eigenvalue weighted by Crippen LogP contribution is 2.31. The monoisotopic (exact) mass is 478 g/mol. The fourth-order valence-corrected chi connectivity index (χ4v) is 5.53. The molecule has 2 aromatic carbocycles. The average Bonchev–Trinajstić information content (AvgIpc) is 3.23. The van der Waals surface area contributed by atoms with Crippen LogP contribution < -0.4 is 10.9 Å². The van der Waals surface area contributed by atoms with E-state index in [9.17, 15) is 9.59 Å². The third-order valence-corrected chi connectivity index (χ3v) is 7.33. The lowest BCUT2D eigenvalue weighted by Crippen LogP contribution is -2.21. The van der Waals surface area contributed by atoms with Crippen molar-refractivity contribution < 1.29 is 4.79 Å². The smallest absolute Gasteiger partial charge is 0.275 e. The fraction of sp³-hybridized carbons (Fsp3) is 0.280. The van der Waals surface area contributed by atoms with E-state index in [4.69, 9.17) is 0 Å². The normalized spacial score (nSPS) is 12.1. The number of amides is 1. The van der Waals surface area contributed by atoms with Gasteiger partial charge in [0.2, 0.25) is 10.9 Å². The number of rotatable bonds is 9. The minimum absolute atomic E-state index is 0.0253. The summed E-state index contributed by atoms with van der Waals surface area (Å²) in [6.07, 6.45) is 2.53. The minimum Gasteiger partial charge on any atom is -0.325 e. The molecule has 0 aliphatic carbocycles. The van der Waals surface area contributed by atoms with Crippen LogP contribution in [0, 0.1) is 0 Å². The van der Waals surface area contributed by atoms with Crippen molar-refractivity contribution >= 4 is 39.7 Å². The van der Waals surface area contributed by atoms with Gasteiger partial charge in [0.05, 0.1) is 17.3 Å². The van der Waals surface area contributed by atoms with Crippen LogP contribution in [0.5, 0.6) is 0 Å². The number of carbonyl (C=O) groups excluding carboxylic acids is 1. The highest BCUT2D eigenvalue weighted by Gasteiger charge is 2.19. The van der Waals surface area contributed by atoms with E-state index in [0.29, 0.717) is 22.8 Å². The molecule has 0 saturated heterocycles. The van der Waals surface area contributed by atoms with Gasteiger partial charge < -0.3 is 5.32 Å². The molecule has 0 fully saturated rings. The molecule has 0 aliphatic rings. The Morgan fingerprint density at radius 1 is 1.12 bits per heavy atom. The number of aryl methyl sites for hydroxylation is 1. The van der Waals surface area contributed by atoms with Crippen LogP contribution >= 0.6 is 23.1 Å². The van der Waals surface area contributed by atoms with Gasteiger partial charge in [0.1, 0.15) is 5.01 Å². The van der Waals surface area contributed by atoms with Crippen molar-refractivity contribution in [1.29, 1.82) is 0 Å². The van der Waals surface area contributed by atoms with E-state index in [1.807, 2.05) is 61.5 Å². The number of carbonyl (C=O) groups is 1. The Morgan fingerprint density at radius 2 is 1.88 bits per heavy atom. The van der Waals surface area contributed by atoms with Crippen LogP contribution in [0.4, 0.5) is 5.69 Å². The highest BCUT2D eigenvalue weighted by atomic mass is 32.2. The zero-order valence-electron chi connectivity index (χ0n) is 18.7. The van der Waals surface area contributed by atoms with Crippen molar-refractivity contribution in [3.63, 3.8) is 0 Å². The SMILES string of the molecule is CCCc1nn2c(=O)cc(CSc3ccccc3NC(=O)[C@@H](CC)c3ccccc3)nc2s1. The number of anilines is 1. The number of hydrogen-bond donors (Lipinski definition) is 1. The van der Waals surface area contributed by atoms with E-state index in [2.05, 4.69) is 22.3 Å². The maximum Gasteiger partial charge on any atom is 0.275 e. The van der Waals surface area contributed by atoms with Gasteiger partial charge in [0.25, 0.3) is 5.56 Å². The highest BCUT2D eigenvalue weighted by molar-refractivity contribution is 7.98. The number of hydrogen-bond acceptors (Lipinski definition) is 6. The number of nitrogens with one attached hydrogen (secondary N) is 1. The third-order valence-electron chi connectivity index (χ3n) is 5.25. The third kappa shape index (κ3) is 5.51. The number of benzene rings is 2. The van der Waals surface area contributed by atoms with E-state index in [-0.39, 0.29) is 17.4 Å². The summed E-state index contributed by atoms with van der Waals surface area (Å²) in [7, 11) is 0. The second-order valence-corrected chi connectivity index (χ2v) is 9.73. The first-order valence-electron chi connectivity index (χ1n) is 11.0. The van der Waals surface area contributed by atoms with Gasteiger partial charge in [-0.2, -0.15) is 9.61 Å². The number of para-hydroxylation sites is 1. The predicted octanol–water partition coefficient (Wildman–Crippen LogP) is 5.53. The summed E-state index contributed by atoms with van der Waals surface area (Å²) in [5.74, 6) is 0.287. The summed E-state index contributed by atoms with van der Waals surface area (Å²) >= 11 is 3.01. The topological polar surface area (TPSA) is 76.4 Å². The Labute approximate surface area is 201 Å². The van der Waals surface area contributed by atoms with Gasteiger partial charge in [-0.05, 0) is 30.5 Å². The molecule has 0 radical (unpaired) electrons. The molecule has 4 aromatic rings. The van der Waals surface area contributed by atoms with Gasteiger partial charge in [0.15, 0.2) is 0 Å². The molecule has 1 atom stereocenters. The minimum atomic E-state index is -0.211. The molecule has 2 aromatic heterocycles. The van der Waals surface area contributed by atoms with Gasteiger partial charge in [0, 0.05) is 23.1 Å². The Morgan fingerprint density at radius 3 is 2.64 bits per heavy atom. The van der Waals surface area contributed by atoms with E-state index in [1.54, 1.807) is 17.8 Å². The van der Waals surface area contributed by atoms with E-state index in [1.165, 1.54) is 15.9 Å². The zero-order chi connectivity index (χ0) is 23.2. The van der Waals surface area contributed by atoms with E-state index < -0.39 is 0 Å². The van der Waals surface area contributed by atoms with Crippen molar-refractivity contribution in [2.24, 2.45) is 0 Å². The quantitative estimate of drug-likeness (QED) is 0.320. The number of fused-ring (bicyclic) bond motifs is 1. The van der Waals surface area contributed by atoms with Crippen LogP contribution in [0.3, 0.4) is 0 Å². The van der Waals surface area contributed by atoms with Crippen LogP contribution in [-0.2, 0) is 17.0 Å². The largest absolute Gasteiger partial charge is 0.325 e. The fourth-order valence-electron chi connectivity index (χ4n) is 3.61. The Bertz CT molecular complexity index is 1300. The molecule has 0 saturated carbocycles. The molecular formula is C25H26N4O2S2. The second kappa shape index (κ2) is 10.8. The Kier molecular flexibility index (Phi) is 7.57. The predicted molar refractivity (Wildman–Crippen MR) is 135 cm³/mol. The maximum atomic E-state index is 13.0. The standard InChI is InChI=1S/C25H26N4O2S2/c1-3-10-22-28-29-23(30)15-18(26-25(29)33-22)16-32-21-14-9-8-13-20(21)27-24(31)19(4-2)17-11-6-5-7-12-17/h5-9,11-15,19H,3-4,10,16H2,1-2H3,(H,27,31)/t19-/m0/s1. The van der Waals surface area contributed by atoms with Gasteiger partial charge >= 0.3 is 0 Å². The van der Waals surface area contributed by atoms with Gasteiger partial charge in [-0.3, -0.25) is 9.59 Å². The van der Waals surface area contributed by atoms with Gasteiger partial charge in [-0.15, -0.1) is 11.8 Å². The molecule has 6 nitrogen and oxygen atoms in total. The summed E-state index contributed by atoms with van der Waals surface area (Å²) in [5.41, 5.74) is 2.31. The van der Waals surface area contributed by atoms with E-state index in [0.717, 1.165) is 34.0 Å². The Hall–Kier alpha value is -2.97. The lowest BCUT2D eigenvalue weighted by molar-refractivity contribution is -0.117. The molecule has 1 amide bonds. The summed E-state index contributed by atoms with van der Waals surface area (Å²) in [4.78, 5) is 31.7. The molecule has 0 bridgehead atoms. The van der Waals surface area contributed by atoms with E-state index >= 15 is 0 Å². The summed E-state index contributed by atoms with van der Waals surface area (Å²) in [5, 5.41) is 8.38. The van der Waals surface area contributed by atoms with Crippen LogP contribution in [0.2, 0.25) is 0 Å². The van der Waals surface area contributed by atoms with Crippen molar-refractivity contribution in [1.82, 2.24) is 14.6 Å². The molecule has 0 unspecified atom stereocenters. The molecular weight excluding hydrogens is 452 g/mol. The maximum absolute atomic E-state index is 13.0. The summed E-state index contributed by atoms with van der Waals surface area (Å²) in [6.45, 7) is 4.10. The molecule has 170 valence electrons. The second-order valence-electron chi connectivity index (χ2n) is 7.67. The number of aromatic nitrogens is 3. The lowest BCUT2D eigenvalue weighted by atomic mass is 9.95. The zero-order valence-corrected chi connectivity index (χ0v) is 20.3. The molecule has 0 spiro atoms. The first kappa shape index (κ1) is 23.2. The summed E-state index contributed by atoms with van der Waals surface area (Å²) < 4.78 is 1.38. The Balaban J connectivity index is 1.50. The molecule has 0 aliphatic heterocycles. The molecule has 1 N–H and O–H groups in total. The lowest BCUT2D eigenvalue weighted by Gasteiger charge is -2.17. The molecule has 4 rings (SSSR count). The molecule has 2 heterocycles. The molecule has 8 heteroatoms. The van der Waals surface area contributed by atoms with Crippen molar-refractivity contribution in [2.45, 2.75) is 49.7 Å². The summed E-state index contributed by atoms with van der Waals surface area (Å²) in [6, 6.07) is 19.1. The van der Waals surface area contributed by atoms with Crippen LogP contribution in [0.1, 0.15) is 48.9 Å². The van der Waals surface area contributed by atoms with Crippen molar-refractivity contribution in [2.75, 3.05) is 5.32 Å². The van der Waals surface area contributed by atoms with Crippen molar-refractivity contribution in [3.05, 3.63) is 87.3 Å². The van der Waals surface area contributed by atoms with Crippen molar-refractivity contribution in [3.8, 4) is 0 Å². The van der Waals surface area contributed by atoms with Crippen LogP contribution in [0.25, 0.3) is 4.96 Å². The van der Waals surface area contributed by atoms with Gasteiger partial charge in [-0.1, -0.05) is 67.6 Å². The average molecular weight is 479 g/mol. The molecule has 33 heavy (non-hydrogen) atoms. The number of thioether (sulfide) groups is 1. The first-order chi connectivity index (χ1) is 16.1.